The summed E-state index contributed by atoms with van der Waals surface area (Å²) in [5, 5.41) is 0.573. The summed E-state index contributed by atoms with van der Waals surface area (Å²) in [6.45, 7) is 3.52. The second-order valence-corrected chi connectivity index (χ2v) is 6.03. The van der Waals surface area contributed by atoms with Gasteiger partial charge in [-0.1, -0.05) is 23.7 Å². The van der Waals surface area contributed by atoms with Gasteiger partial charge in [0.25, 0.3) is 0 Å². The Morgan fingerprint density at radius 2 is 1.84 bits per heavy atom. The summed E-state index contributed by atoms with van der Waals surface area (Å²) in [7, 11) is 0. The van der Waals surface area contributed by atoms with E-state index in [1.807, 2.05) is 19.9 Å². The molecule has 0 aliphatic carbocycles. The van der Waals surface area contributed by atoms with E-state index in [4.69, 9.17) is 16.3 Å². The highest BCUT2D eigenvalue weighted by atomic mass is 35.5. The Morgan fingerprint density at radius 1 is 1.04 bits per heavy atom. The van der Waals surface area contributed by atoms with Gasteiger partial charge in [0.1, 0.15) is 18.2 Å². The molecule has 1 aromatic heterocycles. The molecule has 0 aliphatic heterocycles. The van der Waals surface area contributed by atoms with Crippen LogP contribution in [0.3, 0.4) is 0 Å². The first-order valence-corrected chi connectivity index (χ1v) is 8.00. The van der Waals surface area contributed by atoms with Crippen LogP contribution in [0.5, 0.6) is 5.88 Å². The minimum Gasteiger partial charge on any atom is -0.472 e. The van der Waals surface area contributed by atoms with E-state index < -0.39 is 11.6 Å². The predicted octanol–water partition coefficient (Wildman–Crippen LogP) is 5.27. The third-order valence-corrected chi connectivity index (χ3v) is 4.03. The van der Waals surface area contributed by atoms with Gasteiger partial charge in [-0.15, -0.1) is 0 Å². The lowest BCUT2D eigenvalue weighted by Crippen LogP contribution is -2.05. The zero-order chi connectivity index (χ0) is 18.0. The molecule has 0 saturated heterocycles. The average molecular weight is 361 g/mol. The summed E-state index contributed by atoms with van der Waals surface area (Å²) in [5.74, 6) is -0.262. The fraction of sp³-hybridized carbons (Fsp3) is 0.158. The van der Waals surface area contributed by atoms with Crippen molar-refractivity contribution >= 4 is 11.6 Å². The van der Waals surface area contributed by atoms with Gasteiger partial charge in [0.2, 0.25) is 5.88 Å². The van der Waals surface area contributed by atoms with Gasteiger partial charge in [-0.05, 0) is 44.2 Å². The quantitative estimate of drug-likeness (QED) is 0.635. The van der Waals surface area contributed by atoms with Crippen molar-refractivity contribution in [3.05, 3.63) is 75.9 Å². The third kappa shape index (κ3) is 3.94. The number of aromatic nitrogens is 2. The van der Waals surface area contributed by atoms with Crippen molar-refractivity contribution < 1.29 is 13.5 Å². The fourth-order valence-electron chi connectivity index (χ4n) is 2.30. The van der Waals surface area contributed by atoms with E-state index >= 15 is 0 Å². The molecule has 128 valence electrons. The molecule has 0 saturated carbocycles. The second-order valence-electron chi connectivity index (χ2n) is 5.60. The Labute approximate surface area is 149 Å². The molecule has 0 bridgehead atoms. The summed E-state index contributed by atoms with van der Waals surface area (Å²) >= 11 is 6.02. The number of rotatable bonds is 4. The van der Waals surface area contributed by atoms with E-state index in [1.165, 1.54) is 0 Å². The SMILES string of the molecule is Cc1nc(-c2cccc(Cl)c2)nc(OCc2cc(F)ccc2F)c1C. The molecule has 1 heterocycles. The zero-order valence-electron chi connectivity index (χ0n) is 13.7. The van der Waals surface area contributed by atoms with Crippen LogP contribution in [0.1, 0.15) is 16.8 Å². The molecule has 0 atom stereocenters. The molecular weight excluding hydrogens is 346 g/mol. The van der Waals surface area contributed by atoms with Gasteiger partial charge in [0, 0.05) is 27.4 Å². The molecule has 0 fully saturated rings. The number of hydrogen-bond donors (Lipinski definition) is 0. The van der Waals surface area contributed by atoms with Gasteiger partial charge in [0.15, 0.2) is 5.82 Å². The Bertz CT molecular complexity index is 931. The van der Waals surface area contributed by atoms with Gasteiger partial charge < -0.3 is 4.74 Å². The number of nitrogens with zero attached hydrogens (tertiary/aromatic N) is 2. The molecule has 0 radical (unpaired) electrons. The Balaban J connectivity index is 1.92. The van der Waals surface area contributed by atoms with E-state index in [2.05, 4.69) is 9.97 Å². The first-order valence-electron chi connectivity index (χ1n) is 7.62. The molecule has 3 aromatic rings. The summed E-state index contributed by atoms with van der Waals surface area (Å²) in [6.07, 6.45) is 0. The van der Waals surface area contributed by atoms with Crippen LogP contribution in [-0.4, -0.2) is 9.97 Å². The van der Waals surface area contributed by atoms with Gasteiger partial charge in [-0.3, -0.25) is 0 Å². The topological polar surface area (TPSA) is 35.0 Å². The molecule has 25 heavy (non-hydrogen) atoms. The Kier molecular flexibility index (Phi) is 4.95. The van der Waals surface area contributed by atoms with Crippen LogP contribution in [0.25, 0.3) is 11.4 Å². The lowest BCUT2D eigenvalue weighted by Gasteiger charge is -2.12. The lowest BCUT2D eigenvalue weighted by atomic mass is 10.2. The average Bonchev–Trinajstić information content (AvgIpc) is 2.58. The first-order chi connectivity index (χ1) is 11.9. The van der Waals surface area contributed by atoms with Crippen LogP contribution in [0.2, 0.25) is 5.02 Å². The highest BCUT2D eigenvalue weighted by Crippen LogP contribution is 2.26. The highest BCUT2D eigenvalue weighted by Gasteiger charge is 2.13. The fourth-order valence-corrected chi connectivity index (χ4v) is 2.49. The molecule has 0 unspecified atom stereocenters. The van der Waals surface area contributed by atoms with Crippen LogP contribution < -0.4 is 4.74 Å². The normalized spacial score (nSPS) is 10.8. The van der Waals surface area contributed by atoms with Gasteiger partial charge in [-0.25, -0.2) is 13.8 Å². The number of hydrogen-bond acceptors (Lipinski definition) is 3. The minimum absolute atomic E-state index is 0.125. The van der Waals surface area contributed by atoms with E-state index in [9.17, 15) is 8.78 Å². The maximum absolute atomic E-state index is 13.7. The molecule has 3 rings (SSSR count). The molecule has 0 aliphatic rings. The Morgan fingerprint density at radius 3 is 2.60 bits per heavy atom. The van der Waals surface area contributed by atoms with Crippen molar-refractivity contribution in [2.75, 3.05) is 0 Å². The second kappa shape index (κ2) is 7.15. The van der Waals surface area contributed by atoms with Crippen molar-refractivity contribution in [3.63, 3.8) is 0 Å². The van der Waals surface area contributed by atoms with Crippen LogP contribution in [-0.2, 0) is 6.61 Å². The Hall–Kier alpha value is -2.53. The monoisotopic (exact) mass is 360 g/mol. The van der Waals surface area contributed by atoms with Crippen molar-refractivity contribution in [3.8, 4) is 17.3 Å². The molecule has 2 aromatic carbocycles. The number of benzene rings is 2. The minimum atomic E-state index is -0.528. The largest absolute Gasteiger partial charge is 0.472 e. The summed E-state index contributed by atoms with van der Waals surface area (Å²) in [5.41, 5.74) is 2.35. The number of ether oxygens (including phenoxy) is 1. The van der Waals surface area contributed by atoms with E-state index in [0.717, 1.165) is 35.0 Å². The number of aryl methyl sites for hydroxylation is 1. The van der Waals surface area contributed by atoms with Crippen molar-refractivity contribution in [1.29, 1.82) is 0 Å². The molecular formula is C19H15ClF2N2O. The van der Waals surface area contributed by atoms with Crippen LogP contribution >= 0.6 is 11.6 Å². The maximum Gasteiger partial charge on any atom is 0.220 e. The van der Waals surface area contributed by atoms with Crippen molar-refractivity contribution in [2.45, 2.75) is 20.5 Å². The smallest absolute Gasteiger partial charge is 0.220 e. The van der Waals surface area contributed by atoms with Crippen LogP contribution in [0.4, 0.5) is 8.78 Å². The predicted molar refractivity (Wildman–Crippen MR) is 92.6 cm³/mol. The molecule has 0 spiro atoms. The summed E-state index contributed by atoms with van der Waals surface area (Å²) < 4.78 is 32.7. The van der Waals surface area contributed by atoms with E-state index in [1.54, 1.807) is 18.2 Å². The maximum atomic E-state index is 13.7. The van der Waals surface area contributed by atoms with Crippen LogP contribution in [0.15, 0.2) is 42.5 Å². The van der Waals surface area contributed by atoms with E-state index in [-0.39, 0.29) is 12.2 Å². The molecule has 3 nitrogen and oxygen atoms in total. The summed E-state index contributed by atoms with van der Waals surface area (Å²) in [6, 6.07) is 10.4. The van der Waals surface area contributed by atoms with E-state index in [0.29, 0.717) is 16.7 Å². The molecule has 6 heteroatoms. The molecule has 0 amide bonds. The summed E-state index contributed by atoms with van der Waals surface area (Å²) in [4.78, 5) is 8.85. The van der Waals surface area contributed by atoms with Crippen LogP contribution in [0, 0.1) is 25.5 Å². The molecule has 0 N–H and O–H groups in total. The zero-order valence-corrected chi connectivity index (χ0v) is 14.4. The number of halogens is 3. The van der Waals surface area contributed by atoms with Crippen molar-refractivity contribution in [2.24, 2.45) is 0 Å². The van der Waals surface area contributed by atoms with Gasteiger partial charge >= 0.3 is 0 Å². The lowest BCUT2D eigenvalue weighted by molar-refractivity contribution is 0.284. The van der Waals surface area contributed by atoms with Gasteiger partial charge in [0.05, 0.1) is 0 Å². The third-order valence-electron chi connectivity index (χ3n) is 3.80. The van der Waals surface area contributed by atoms with Gasteiger partial charge in [-0.2, -0.15) is 4.98 Å². The first kappa shape index (κ1) is 17.3. The van der Waals surface area contributed by atoms with Crippen molar-refractivity contribution in [1.82, 2.24) is 9.97 Å². The highest BCUT2D eigenvalue weighted by molar-refractivity contribution is 6.30. The standard InChI is InChI=1S/C19H15ClF2N2O/c1-11-12(2)23-18(13-4-3-5-15(20)8-13)24-19(11)25-10-14-9-16(21)6-7-17(14)22/h3-9H,10H2,1-2H3.